The van der Waals surface area contributed by atoms with Gasteiger partial charge in [-0.1, -0.05) is 0 Å². The normalized spacial score (nSPS) is 13.3. The number of pyridine rings is 1. The first-order chi connectivity index (χ1) is 7.91. The van der Waals surface area contributed by atoms with E-state index in [2.05, 4.69) is 4.98 Å². The Morgan fingerprint density at radius 1 is 1.59 bits per heavy atom. The molecular formula is C9H11ClN2O4S. The largest absolute Gasteiger partial charge is 0.306 e. The van der Waals surface area contributed by atoms with Crippen molar-refractivity contribution < 1.29 is 13.3 Å². The molecule has 17 heavy (non-hydrogen) atoms. The van der Waals surface area contributed by atoms with E-state index in [0.29, 0.717) is 0 Å². The molecule has 94 valence electrons. The van der Waals surface area contributed by atoms with E-state index in [1.54, 1.807) is 0 Å². The molecule has 0 aromatic carbocycles. The lowest BCUT2D eigenvalue weighted by Crippen LogP contribution is -2.20. The Labute approximate surface area is 104 Å². The summed E-state index contributed by atoms with van der Waals surface area (Å²) < 4.78 is 24.0. The highest BCUT2D eigenvalue weighted by atomic mass is 35.5. The molecule has 0 aliphatic heterocycles. The Hall–Kier alpha value is -1.21. The van der Waals surface area contributed by atoms with Crippen LogP contribution in [-0.2, 0) is 9.84 Å². The summed E-state index contributed by atoms with van der Waals surface area (Å²) in [6, 6.07) is 2.44. The fourth-order valence-corrected chi connectivity index (χ4v) is 3.15. The van der Waals surface area contributed by atoms with E-state index in [-0.39, 0.29) is 12.3 Å². The van der Waals surface area contributed by atoms with Crippen LogP contribution < -0.4 is 0 Å². The summed E-state index contributed by atoms with van der Waals surface area (Å²) in [5, 5.41) is 9.43. The summed E-state index contributed by atoms with van der Waals surface area (Å²) in [6.45, 7) is 1.45. The van der Waals surface area contributed by atoms with Crippen molar-refractivity contribution in [2.75, 3.05) is 5.88 Å². The average Bonchev–Trinajstić information content (AvgIpc) is 2.29. The third-order valence-corrected chi connectivity index (χ3v) is 4.63. The predicted octanol–water partition coefficient (Wildman–Crippen LogP) is 1.78. The van der Waals surface area contributed by atoms with Gasteiger partial charge in [0.25, 0.3) is 0 Å². The molecule has 0 aliphatic rings. The Morgan fingerprint density at radius 3 is 2.76 bits per heavy atom. The number of aromatic nitrogens is 1. The zero-order chi connectivity index (χ0) is 13.1. The van der Waals surface area contributed by atoms with Gasteiger partial charge in [-0.05, 0) is 19.4 Å². The van der Waals surface area contributed by atoms with Crippen molar-refractivity contribution in [3.05, 3.63) is 28.4 Å². The number of hydrogen-bond acceptors (Lipinski definition) is 5. The van der Waals surface area contributed by atoms with Crippen molar-refractivity contribution in [1.29, 1.82) is 0 Å². The van der Waals surface area contributed by atoms with Crippen LogP contribution in [0.3, 0.4) is 0 Å². The van der Waals surface area contributed by atoms with Gasteiger partial charge in [-0.2, -0.15) is 0 Å². The summed E-state index contributed by atoms with van der Waals surface area (Å²) in [4.78, 5) is 13.6. The SMILES string of the molecule is CC(CCCl)S(=O)(=O)c1ncccc1[N+](=O)[O-]. The van der Waals surface area contributed by atoms with Gasteiger partial charge in [0.15, 0.2) is 0 Å². The van der Waals surface area contributed by atoms with E-state index in [9.17, 15) is 18.5 Å². The van der Waals surface area contributed by atoms with Crippen LogP contribution in [0.15, 0.2) is 23.4 Å². The molecule has 0 saturated heterocycles. The minimum absolute atomic E-state index is 0.168. The molecule has 0 spiro atoms. The molecule has 0 N–H and O–H groups in total. The minimum Gasteiger partial charge on any atom is -0.258 e. The van der Waals surface area contributed by atoms with Crippen LogP contribution >= 0.6 is 11.6 Å². The minimum atomic E-state index is -3.81. The molecule has 6 nitrogen and oxygen atoms in total. The quantitative estimate of drug-likeness (QED) is 0.465. The Balaban J connectivity index is 3.29. The molecule has 0 radical (unpaired) electrons. The van der Waals surface area contributed by atoms with Crippen molar-refractivity contribution in [2.45, 2.75) is 23.6 Å². The standard InChI is InChI=1S/C9H11ClN2O4S/c1-7(4-5-10)17(15,16)9-8(12(13)14)3-2-6-11-9/h2-3,6-7H,4-5H2,1H3. The zero-order valence-electron chi connectivity index (χ0n) is 9.04. The Morgan fingerprint density at radius 2 is 2.24 bits per heavy atom. The number of sulfone groups is 1. The number of rotatable bonds is 5. The molecule has 1 atom stereocenters. The molecule has 0 fully saturated rings. The van der Waals surface area contributed by atoms with Crippen molar-refractivity contribution in [2.24, 2.45) is 0 Å². The lowest BCUT2D eigenvalue weighted by Gasteiger charge is -2.10. The van der Waals surface area contributed by atoms with Crippen LogP contribution in [0.4, 0.5) is 5.69 Å². The average molecular weight is 279 g/mol. The Kier molecular flexibility index (Phi) is 4.41. The first-order valence-electron chi connectivity index (χ1n) is 4.80. The lowest BCUT2D eigenvalue weighted by atomic mass is 10.4. The highest BCUT2D eigenvalue weighted by Crippen LogP contribution is 2.25. The number of hydrogen-bond donors (Lipinski definition) is 0. The molecule has 0 saturated carbocycles. The van der Waals surface area contributed by atoms with Gasteiger partial charge >= 0.3 is 5.69 Å². The van der Waals surface area contributed by atoms with Gasteiger partial charge in [0.05, 0.1) is 10.2 Å². The Bertz CT molecular complexity index is 517. The van der Waals surface area contributed by atoms with E-state index >= 15 is 0 Å². The lowest BCUT2D eigenvalue weighted by molar-refractivity contribution is -0.388. The molecular weight excluding hydrogens is 268 g/mol. The van der Waals surface area contributed by atoms with Crippen LogP contribution in [-0.4, -0.2) is 29.5 Å². The highest BCUT2D eigenvalue weighted by molar-refractivity contribution is 7.92. The molecule has 0 aliphatic carbocycles. The molecule has 1 aromatic heterocycles. The zero-order valence-corrected chi connectivity index (χ0v) is 10.6. The summed E-state index contributed by atoms with van der Waals surface area (Å²) in [7, 11) is -3.81. The second-order valence-corrected chi connectivity index (χ2v) is 6.08. The predicted molar refractivity (Wildman–Crippen MR) is 62.9 cm³/mol. The smallest absolute Gasteiger partial charge is 0.258 e. The monoisotopic (exact) mass is 278 g/mol. The topological polar surface area (TPSA) is 90.2 Å². The van der Waals surface area contributed by atoms with Gasteiger partial charge in [-0.3, -0.25) is 10.1 Å². The van der Waals surface area contributed by atoms with Gasteiger partial charge < -0.3 is 0 Å². The molecule has 1 aromatic rings. The van der Waals surface area contributed by atoms with E-state index < -0.39 is 30.7 Å². The maximum Gasteiger partial charge on any atom is 0.306 e. The van der Waals surface area contributed by atoms with Crippen LogP contribution in [0.25, 0.3) is 0 Å². The molecule has 0 amide bonds. The maximum absolute atomic E-state index is 12.0. The van der Waals surface area contributed by atoms with Gasteiger partial charge in [0.1, 0.15) is 0 Å². The van der Waals surface area contributed by atoms with Gasteiger partial charge in [0, 0.05) is 18.1 Å². The van der Waals surface area contributed by atoms with Gasteiger partial charge in [-0.25, -0.2) is 13.4 Å². The number of alkyl halides is 1. The molecule has 8 heteroatoms. The maximum atomic E-state index is 12.0. The number of halogens is 1. The van der Waals surface area contributed by atoms with E-state index in [4.69, 9.17) is 11.6 Å². The summed E-state index contributed by atoms with van der Waals surface area (Å²) in [6.07, 6.45) is 1.44. The molecule has 0 bridgehead atoms. The fraction of sp³-hybridized carbons (Fsp3) is 0.444. The summed E-state index contributed by atoms with van der Waals surface area (Å²) >= 11 is 5.47. The molecule has 1 rings (SSSR count). The van der Waals surface area contributed by atoms with Crippen LogP contribution in [0.5, 0.6) is 0 Å². The van der Waals surface area contributed by atoms with Crippen LogP contribution in [0.1, 0.15) is 13.3 Å². The number of nitrogens with zero attached hydrogens (tertiary/aromatic N) is 2. The van der Waals surface area contributed by atoms with Crippen molar-refractivity contribution in [3.8, 4) is 0 Å². The van der Waals surface area contributed by atoms with Gasteiger partial charge in [-0.15, -0.1) is 11.6 Å². The third kappa shape index (κ3) is 2.92. The highest BCUT2D eigenvalue weighted by Gasteiger charge is 2.31. The summed E-state index contributed by atoms with van der Waals surface area (Å²) in [5.41, 5.74) is -0.506. The van der Waals surface area contributed by atoms with Gasteiger partial charge in [0.2, 0.25) is 14.9 Å². The molecule has 1 heterocycles. The molecule has 1 unspecified atom stereocenters. The fourth-order valence-electron chi connectivity index (χ4n) is 1.24. The third-order valence-electron chi connectivity index (χ3n) is 2.26. The second-order valence-electron chi connectivity index (χ2n) is 3.42. The van der Waals surface area contributed by atoms with E-state index in [1.807, 2.05) is 0 Å². The second kappa shape index (κ2) is 5.42. The van der Waals surface area contributed by atoms with Crippen molar-refractivity contribution >= 4 is 27.1 Å². The van der Waals surface area contributed by atoms with E-state index in [1.165, 1.54) is 19.2 Å². The van der Waals surface area contributed by atoms with Crippen LogP contribution in [0.2, 0.25) is 0 Å². The van der Waals surface area contributed by atoms with Crippen molar-refractivity contribution in [1.82, 2.24) is 4.98 Å². The number of nitro groups is 1. The first kappa shape index (κ1) is 13.9. The summed E-state index contributed by atoms with van der Waals surface area (Å²) in [5.74, 6) is 0.168. The van der Waals surface area contributed by atoms with E-state index in [0.717, 1.165) is 6.07 Å². The van der Waals surface area contributed by atoms with Crippen molar-refractivity contribution in [3.63, 3.8) is 0 Å². The van der Waals surface area contributed by atoms with Crippen LogP contribution in [0, 0.1) is 10.1 Å². The first-order valence-corrected chi connectivity index (χ1v) is 6.88.